The molecule has 0 atom stereocenters. The Bertz CT molecular complexity index is 906. The highest BCUT2D eigenvalue weighted by Gasteiger charge is 2.26. The molecule has 1 aliphatic heterocycles. The van der Waals surface area contributed by atoms with Crippen LogP contribution in [0.15, 0.2) is 35.0 Å². The largest absolute Gasteiger partial charge is 0.338 e. The van der Waals surface area contributed by atoms with E-state index in [4.69, 9.17) is 4.52 Å². The zero-order valence-corrected chi connectivity index (χ0v) is 14.8. The number of nitrogens with zero attached hydrogens (tertiary/aromatic N) is 6. The summed E-state index contributed by atoms with van der Waals surface area (Å²) in [5.74, 6) is 1.03. The average Bonchev–Trinajstić information content (AvgIpc) is 3.31. The van der Waals surface area contributed by atoms with Crippen LogP contribution < -0.4 is 0 Å². The van der Waals surface area contributed by atoms with E-state index >= 15 is 0 Å². The van der Waals surface area contributed by atoms with Gasteiger partial charge in [0.15, 0.2) is 11.5 Å². The number of piperidine rings is 1. The third kappa shape index (κ3) is 3.22. The molecule has 26 heavy (non-hydrogen) atoms. The van der Waals surface area contributed by atoms with Crippen LogP contribution in [0, 0.1) is 13.8 Å². The third-order valence-corrected chi connectivity index (χ3v) is 4.68. The van der Waals surface area contributed by atoms with Crippen LogP contribution in [0.5, 0.6) is 0 Å². The Hall–Kier alpha value is -3.03. The Kier molecular flexibility index (Phi) is 4.24. The Balaban J connectivity index is 1.40. The predicted molar refractivity (Wildman–Crippen MR) is 93.4 cm³/mol. The molecule has 0 bridgehead atoms. The zero-order valence-electron chi connectivity index (χ0n) is 14.8. The van der Waals surface area contributed by atoms with Crippen LogP contribution in [0.25, 0.3) is 11.6 Å². The summed E-state index contributed by atoms with van der Waals surface area (Å²) in [5.41, 5.74) is 2.46. The molecule has 0 radical (unpaired) electrons. The maximum Gasteiger partial charge on any atom is 0.280 e. The van der Waals surface area contributed by atoms with E-state index in [0.29, 0.717) is 30.5 Å². The molecular weight excluding hydrogens is 332 g/mol. The van der Waals surface area contributed by atoms with Crippen LogP contribution in [0.2, 0.25) is 0 Å². The Labute approximate surface area is 150 Å². The van der Waals surface area contributed by atoms with Gasteiger partial charge in [-0.3, -0.25) is 4.79 Å². The monoisotopic (exact) mass is 352 g/mol. The predicted octanol–water partition coefficient (Wildman–Crippen LogP) is 2.42. The topological polar surface area (TPSA) is 89.9 Å². The van der Waals surface area contributed by atoms with Gasteiger partial charge in [-0.05, 0) is 38.8 Å². The van der Waals surface area contributed by atoms with Crippen molar-refractivity contribution in [3.63, 3.8) is 0 Å². The molecule has 0 saturated carbocycles. The van der Waals surface area contributed by atoms with E-state index in [1.54, 1.807) is 6.92 Å². The minimum Gasteiger partial charge on any atom is -0.338 e. The fraction of sp³-hybridized carbons (Fsp3) is 0.389. The van der Waals surface area contributed by atoms with Crippen LogP contribution in [0.4, 0.5) is 0 Å². The van der Waals surface area contributed by atoms with Crippen LogP contribution in [0.1, 0.15) is 40.6 Å². The summed E-state index contributed by atoms with van der Waals surface area (Å²) < 4.78 is 6.96. The number of amides is 1. The molecule has 0 N–H and O–H groups in total. The molecule has 4 rings (SSSR count). The van der Waals surface area contributed by atoms with E-state index < -0.39 is 0 Å². The van der Waals surface area contributed by atoms with Gasteiger partial charge in [0.25, 0.3) is 11.8 Å². The normalized spacial score (nSPS) is 15.4. The SMILES string of the molecule is Cc1ccc(C(=O)N2CCC(n3cc(-c4nc(C)no4)nn3)CC2)cc1. The molecule has 3 aromatic rings. The molecule has 1 fully saturated rings. The first kappa shape index (κ1) is 16.4. The summed E-state index contributed by atoms with van der Waals surface area (Å²) in [7, 11) is 0. The molecule has 2 aromatic heterocycles. The molecule has 8 nitrogen and oxygen atoms in total. The summed E-state index contributed by atoms with van der Waals surface area (Å²) in [6.45, 7) is 5.18. The van der Waals surface area contributed by atoms with Crippen molar-refractivity contribution in [2.45, 2.75) is 32.7 Å². The van der Waals surface area contributed by atoms with Crippen molar-refractivity contribution >= 4 is 5.91 Å². The Morgan fingerprint density at radius 1 is 1.15 bits per heavy atom. The van der Waals surface area contributed by atoms with E-state index in [0.717, 1.165) is 24.0 Å². The fourth-order valence-corrected chi connectivity index (χ4v) is 3.17. The van der Waals surface area contributed by atoms with Crippen LogP contribution >= 0.6 is 0 Å². The summed E-state index contributed by atoms with van der Waals surface area (Å²) >= 11 is 0. The molecule has 0 spiro atoms. The summed E-state index contributed by atoms with van der Waals surface area (Å²) in [4.78, 5) is 18.7. The fourth-order valence-electron chi connectivity index (χ4n) is 3.17. The smallest absolute Gasteiger partial charge is 0.280 e. The number of carbonyl (C=O) groups excluding carboxylic acids is 1. The van der Waals surface area contributed by atoms with Crippen molar-refractivity contribution in [2.75, 3.05) is 13.1 Å². The van der Waals surface area contributed by atoms with Gasteiger partial charge in [0.05, 0.1) is 12.2 Å². The molecule has 0 aliphatic carbocycles. The van der Waals surface area contributed by atoms with Gasteiger partial charge >= 0.3 is 0 Å². The van der Waals surface area contributed by atoms with Gasteiger partial charge in [-0.2, -0.15) is 4.98 Å². The van der Waals surface area contributed by atoms with E-state index in [2.05, 4.69) is 20.5 Å². The lowest BCUT2D eigenvalue weighted by atomic mass is 10.0. The summed E-state index contributed by atoms with van der Waals surface area (Å²) in [6.07, 6.45) is 3.50. The number of hydrogen-bond donors (Lipinski definition) is 0. The lowest BCUT2D eigenvalue weighted by Gasteiger charge is -2.31. The third-order valence-electron chi connectivity index (χ3n) is 4.68. The number of likely N-dealkylation sites (tertiary alicyclic amines) is 1. The maximum atomic E-state index is 12.6. The van der Waals surface area contributed by atoms with Gasteiger partial charge in [0, 0.05) is 18.7 Å². The quantitative estimate of drug-likeness (QED) is 0.719. The van der Waals surface area contributed by atoms with Gasteiger partial charge in [-0.15, -0.1) is 5.10 Å². The first-order chi connectivity index (χ1) is 12.6. The molecule has 1 aliphatic rings. The van der Waals surface area contributed by atoms with Crippen molar-refractivity contribution in [3.05, 3.63) is 47.4 Å². The highest BCUT2D eigenvalue weighted by molar-refractivity contribution is 5.94. The molecule has 1 saturated heterocycles. The molecular formula is C18H20N6O2. The summed E-state index contributed by atoms with van der Waals surface area (Å²) in [6, 6.07) is 7.92. The zero-order chi connectivity index (χ0) is 18.1. The van der Waals surface area contributed by atoms with Gasteiger partial charge in [0.1, 0.15) is 0 Å². The second-order valence-electron chi connectivity index (χ2n) is 6.62. The number of benzene rings is 1. The van der Waals surface area contributed by atoms with E-state index in [9.17, 15) is 4.79 Å². The lowest BCUT2D eigenvalue weighted by molar-refractivity contribution is 0.0689. The molecule has 0 unspecified atom stereocenters. The minimum absolute atomic E-state index is 0.0871. The molecule has 3 heterocycles. The first-order valence-electron chi connectivity index (χ1n) is 8.68. The second-order valence-corrected chi connectivity index (χ2v) is 6.62. The van der Waals surface area contributed by atoms with Crippen molar-refractivity contribution in [1.29, 1.82) is 0 Å². The van der Waals surface area contributed by atoms with Crippen LogP contribution in [0.3, 0.4) is 0 Å². The first-order valence-corrected chi connectivity index (χ1v) is 8.68. The standard InChI is InChI=1S/C18H20N6O2/c1-12-3-5-14(6-4-12)18(25)23-9-7-15(8-10-23)24-11-16(20-22-24)17-19-13(2)21-26-17/h3-6,11,15H,7-10H2,1-2H3. The van der Waals surface area contributed by atoms with Gasteiger partial charge < -0.3 is 9.42 Å². The van der Waals surface area contributed by atoms with Crippen molar-refractivity contribution < 1.29 is 9.32 Å². The van der Waals surface area contributed by atoms with E-state index in [1.807, 2.05) is 47.0 Å². The molecule has 134 valence electrons. The van der Waals surface area contributed by atoms with Crippen molar-refractivity contribution in [1.82, 2.24) is 30.0 Å². The summed E-state index contributed by atoms with van der Waals surface area (Å²) in [5, 5.41) is 12.1. The lowest BCUT2D eigenvalue weighted by Crippen LogP contribution is -2.39. The molecule has 1 amide bonds. The number of carbonyl (C=O) groups is 1. The average molecular weight is 352 g/mol. The van der Waals surface area contributed by atoms with E-state index in [-0.39, 0.29) is 11.9 Å². The molecule has 1 aromatic carbocycles. The van der Waals surface area contributed by atoms with Gasteiger partial charge in [-0.25, -0.2) is 4.68 Å². The van der Waals surface area contributed by atoms with E-state index in [1.165, 1.54) is 0 Å². The van der Waals surface area contributed by atoms with Crippen molar-refractivity contribution in [2.24, 2.45) is 0 Å². The molecule has 8 heteroatoms. The second kappa shape index (κ2) is 6.70. The van der Waals surface area contributed by atoms with Crippen LogP contribution in [-0.4, -0.2) is 49.0 Å². The number of hydrogen-bond acceptors (Lipinski definition) is 6. The highest BCUT2D eigenvalue weighted by atomic mass is 16.5. The van der Waals surface area contributed by atoms with Gasteiger partial charge in [0.2, 0.25) is 0 Å². The minimum atomic E-state index is 0.0871. The van der Waals surface area contributed by atoms with Crippen LogP contribution in [-0.2, 0) is 0 Å². The highest BCUT2D eigenvalue weighted by Crippen LogP contribution is 2.24. The number of aryl methyl sites for hydroxylation is 2. The number of aromatic nitrogens is 5. The number of rotatable bonds is 3. The van der Waals surface area contributed by atoms with Crippen molar-refractivity contribution in [3.8, 4) is 11.6 Å². The Morgan fingerprint density at radius 3 is 2.54 bits per heavy atom. The maximum absolute atomic E-state index is 12.6. The Morgan fingerprint density at radius 2 is 1.88 bits per heavy atom. The van der Waals surface area contributed by atoms with Gasteiger partial charge in [-0.1, -0.05) is 28.1 Å².